The number of fused-ring (bicyclic) bond motifs is 1. The van der Waals surface area contributed by atoms with E-state index in [-0.39, 0.29) is 12.5 Å². The summed E-state index contributed by atoms with van der Waals surface area (Å²) in [7, 11) is 0. The monoisotopic (exact) mass is 382 g/mol. The molecule has 3 heterocycles. The number of thiophene rings is 1. The molecule has 0 radical (unpaired) electrons. The third-order valence-corrected chi connectivity index (χ3v) is 5.26. The van der Waals surface area contributed by atoms with Gasteiger partial charge in [-0.15, -0.1) is 11.3 Å². The first-order valence-electron chi connectivity index (χ1n) is 8.50. The second-order valence-electron chi connectivity index (χ2n) is 6.09. The first kappa shape index (κ1) is 17.4. The minimum absolute atomic E-state index is 0.0558. The molecule has 0 atom stereocenters. The molecule has 1 aromatic carbocycles. The molecular formula is C19H18N4O3S. The van der Waals surface area contributed by atoms with Crippen molar-refractivity contribution >= 4 is 28.8 Å². The van der Waals surface area contributed by atoms with Gasteiger partial charge < -0.3 is 20.2 Å². The minimum Gasteiger partial charge on any atom is -0.441 e. The normalized spacial score (nSPS) is 12.6. The van der Waals surface area contributed by atoms with E-state index in [4.69, 9.17) is 9.52 Å². The van der Waals surface area contributed by atoms with Crippen LogP contribution in [0.25, 0.3) is 10.8 Å². The Hall–Kier alpha value is -2.97. The largest absolute Gasteiger partial charge is 0.441 e. The van der Waals surface area contributed by atoms with Crippen LogP contribution < -0.4 is 10.6 Å². The molecule has 7 nitrogen and oxygen atoms in total. The van der Waals surface area contributed by atoms with Crippen molar-refractivity contribution in [2.75, 3.05) is 18.5 Å². The maximum absolute atomic E-state index is 12.5. The second kappa shape index (κ2) is 7.34. The summed E-state index contributed by atoms with van der Waals surface area (Å²) < 4.78 is 5.58. The molecule has 0 unspecified atom stereocenters. The number of amides is 1. The number of amidine groups is 1. The maximum Gasteiger partial charge on any atom is 0.256 e. The number of nitrogens with zero attached hydrogens (tertiary/aromatic N) is 2. The fourth-order valence-corrected chi connectivity index (χ4v) is 3.84. The zero-order chi connectivity index (χ0) is 18.8. The third kappa shape index (κ3) is 3.62. The average Bonchev–Trinajstić information content (AvgIpc) is 3.37. The van der Waals surface area contributed by atoms with Crippen molar-refractivity contribution in [1.29, 1.82) is 0 Å². The molecule has 1 amide bonds. The summed E-state index contributed by atoms with van der Waals surface area (Å²) in [4.78, 5) is 23.1. The minimum atomic E-state index is -0.211. The number of hydrogen-bond acceptors (Lipinski definition) is 7. The quantitative estimate of drug-likeness (QED) is 0.630. The molecule has 8 heteroatoms. The molecule has 1 aliphatic heterocycles. The molecular weight excluding hydrogens is 364 g/mol. The van der Waals surface area contributed by atoms with E-state index >= 15 is 0 Å². The van der Waals surface area contributed by atoms with Gasteiger partial charge in [0.15, 0.2) is 0 Å². The number of aliphatic hydroxyl groups is 1. The number of aliphatic imine (C=N–C) groups is 1. The number of aromatic nitrogens is 1. The molecule has 3 aromatic rings. The highest BCUT2D eigenvalue weighted by atomic mass is 32.1. The molecule has 3 N–H and O–H groups in total. The summed E-state index contributed by atoms with van der Waals surface area (Å²) in [6.07, 6.45) is 1.69. The Kier molecular flexibility index (Phi) is 4.74. The van der Waals surface area contributed by atoms with Gasteiger partial charge in [-0.25, -0.2) is 4.98 Å². The fraction of sp³-hybridized carbons (Fsp3) is 0.211. The van der Waals surface area contributed by atoms with Gasteiger partial charge in [0, 0.05) is 17.8 Å². The summed E-state index contributed by atoms with van der Waals surface area (Å²) in [5, 5.41) is 14.8. The molecule has 2 aromatic heterocycles. The van der Waals surface area contributed by atoms with Gasteiger partial charge in [-0.05, 0) is 42.8 Å². The van der Waals surface area contributed by atoms with E-state index in [0.717, 1.165) is 26.8 Å². The van der Waals surface area contributed by atoms with Crippen LogP contribution in [-0.4, -0.2) is 35.0 Å². The van der Waals surface area contributed by atoms with Crippen LogP contribution in [0.3, 0.4) is 0 Å². The Morgan fingerprint density at radius 3 is 2.85 bits per heavy atom. The molecule has 138 valence electrons. The number of carbonyl (C=O) groups excluding carboxylic acids is 1. The number of oxazole rings is 1. The van der Waals surface area contributed by atoms with Gasteiger partial charge in [-0.2, -0.15) is 0 Å². The van der Waals surface area contributed by atoms with Crippen molar-refractivity contribution in [2.45, 2.75) is 13.5 Å². The summed E-state index contributed by atoms with van der Waals surface area (Å²) in [6, 6.07) is 9.10. The van der Waals surface area contributed by atoms with Crippen molar-refractivity contribution in [1.82, 2.24) is 10.3 Å². The van der Waals surface area contributed by atoms with Crippen molar-refractivity contribution in [2.24, 2.45) is 4.99 Å². The summed E-state index contributed by atoms with van der Waals surface area (Å²) >= 11 is 1.51. The van der Waals surface area contributed by atoms with E-state index in [1.165, 1.54) is 11.3 Å². The van der Waals surface area contributed by atoms with Crippen LogP contribution in [0.1, 0.15) is 26.6 Å². The van der Waals surface area contributed by atoms with Crippen LogP contribution in [-0.2, 0) is 6.54 Å². The Bertz CT molecular complexity index is 1000. The average molecular weight is 382 g/mol. The Morgan fingerprint density at radius 1 is 1.33 bits per heavy atom. The van der Waals surface area contributed by atoms with Crippen LogP contribution in [0.4, 0.5) is 5.69 Å². The number of nitrogens with one attached hydrogen (secondary N) is 2. The van der Waals surface area contributed by atoms with Gasteiger partial charge in [0.1, 0.15) is 11.6 Å². The lowest BCUT2D eigenvalue weighted by molar-refractivity contribution is 0.0977. The van der Waals surface area contributed by atoms with E-state index in [1.54, 1.807) is 30.5 Å². The van der Waals surface area contributed by atoms with Crippen LogP contribution in [0.2, 0.25) is 0 Å². The van der Waals surface area contributed by atoms with Crippen molar-refractivity contribution in [3.05, 3.63) is 58.3 Å². The predicted octanol–water partition coefficient (Wildman–Crippen LogP) is 2.81. The van der Waals surface area contributed by atoms with E-state index in [9.17, 15) is 4.79 Å². The lowest BCUT2D eigenvalue weighted by Crippen LogP contribution is -2.29. The van der Waals surface area contributed by atoms with Crippen molar-refractivity contribution in [3.63, 3.8) is 0 Å². The number of aryl methyl sites for hydroxylation is 1. The van der Waals surface area contributed by atoms with Crippen molar-refractivity contribution in [3.8, 4) is 10.8 Å². The zero-order valence-electron chi connectivity index (χ0n) is 14.7. The van der Waals surface area contributed by atoms with Gasteiger partial charge in [0.2, 0.25) is 5.89 Å². The molecule has 0 bridgehead atoms. The number of anilines is 1. The van der Waals surface area contributed by atoms with Crippen molar-refractivity contribution < 1.29 is 14.3 Å². The topological polar surface area (TPSA) is 99.8 Å². The number of rotatable bonds is 5. The molecule has 1 aliphatic rings. The highest BCUT2D eigenvalue weighted by molar-refractivity contribution is 7.17. The van der Waals surface area contributed by atoms with Gasteiger partial charge in [0.05, 0.1) is 29.1 Å². The predicted molar refractivity (Wildman–Crippen MR) is 104 cm³/mol. The number of hydrogen-bond donors (Lipinski definition) is 3. The molecule has 0 fully saturated rings. The number of carbonyl (C=O) groups is 1. The molecule has 0 saturated carbocycles. The summed E-state index contributed by atoms with van der Waals surface area (Å²) in [5.74, 6) is 1.72. The first-order chi connectivity index (χ1) is 13.1. The van der Waals surface area contributed by atoms with Gasteiger partial charge in [0.25, 0.3) is 5.91 Å². The highest BCUT2D eigenvalue weighted by Crippen LogP contribution is 2.34. The Labute approximate surface area is 159 Å². The van der Waals surface area contributed by atoms with E-state index < -0.39 is 0 Å². The number of benzene rings is 1. The standard InChI is InChI=1S/C19H18N4O3S/c1-11-9-22-19(26-11)15-8-13-10-21-17(16(13)27-15)23-18(25)12-2-4-14(5-3-12)20-6-7-24/h2-5,8-9,20,24H,6-7,10H2,1H3,(H,21,23,25). The van der Waals surface area contributed by atoms with E-state index in [1.807, 2.05) is 13.0 Å². The van der Waals surface area contributed by atoms with Crippen LogP contribution in [0.5, 0.6) is 0 Å². The molecule has 0 spiro atoms. The molecule has 27 heavy (non-hydrogen) atoms. The number of aliphatic hydroxyl groups excluding tert-OH is 1. The fourth-order valence-electron chi connectivity index (χ4n) is 2.77. The third-order valence-electron chi connectivity index (χ3n) is 4.08. The smallest absolute Gasteiger partial charge is 0.256 e. The van der Waals surface area contributed by atoms with Crippen LogP contribution in [0, 0.1) is 6.92 Å². The molecule has 0 saturated heterocycles. The highest BCUT2D eigenvalue weighted by Gasteiger charge is 2.23. The zero-order valence-corrected chi connectivity index (χ0v) is 15.5. The maximum atomic E-state index is 12.5. The lowest BCUT2D eigenvalue weighted by atomic mass is 10.2. The second-order valence-corrected chi connectivity index (χ2v) is 7.14. The summed E-state index contributed by atoms with van der Waals surface area (Å²) in [6.45, 7) is 2.91. The van der Waals surface area contributed by atoms with E-state index in [2.05, 4.69) is 20.6 Å². The Balaban J connectivity index is 1.47. The van der Waals surface area contributed by atoms with Crippen LogP contribution in [0.15, 0.2) is 45.9 Å². The van der Waals surface area contributed by atoms with E-state index in [0.29, 0.717) is 30.4 Å². The van der Waals surface area contributed by atoms with Crippen LogP contribution >= 0.6 is 11.3 Å². The van der Waals surface area contributed by atoms with Gasteiger partial charge in [-0.1, -0.05) is 0 Å². The Morgan fingerprint density at radius 2 is 2.15 bits per heavy atom. The first-order valence-corrected chi connectivity index (χ1v) is 9.32. The lowest BCUT2D eigenvalue weighted by Gasteiger charge is -2.07. The van der Waals surface area contributed by atoms with Gasteiger partial charge >= 0.3 is 0 Å². The van der Waals surface area contributed by atoms with Gasteiger partial charge in [-0.3, -0.25) is 9.79 Å². The summed E-state index contributed by atoms with van der Waals surface area (Å²) in [5.41, 5.74) is 2.45. The molecule has 4 rings (SSSR count). The molecule has 0 aliphatic carbocycles. The SMILES string of the molecule is Cc1cnc(-c2cc3c(s2)C(NC(=O)c2ccc(NCCO)cc2)=NC3)o1.